The van der Waals surface area contributed by atoms with Crippen molar-refractivity contribution in [2.75, 3.05) is 12.4 Å². The lowest BCUT2D eigenvalue weighted by Crippen LogP contribution is -2.06. The zero-order valence-electron chi connectivity index (χ0n) is 14.5. The van der Waals surface area contributed by atoms with Crippen LogP contribution in [-0.2, 0) is 18.3 Å². The van der Waals surface area contributed by atoms with Gasteiger partial charge in [-0.2, -0.15) is 5.10 Å². The number of nitrogens with one attached hydrogen (secondary N) is 1. The molecule has 0 unspecified atom stereocenters. The summed E-state index contributed by atoms with van der Waals surface area (Å²) in [5.41, 5.74) is 5.30. The highest BCUT2D eigenvalue weighted by Crippen LogP contribution is 2.23. The maximum atomic E-state index is 11.8. The number of benzene rings is 1. The van der Waals surface area contributed by atoms with Gasteiger partial charge in [0.2, 0.25) is 0 Å². The minimum atomic E-state index is -0.333. The summed E-state index contributed by atoms with van der Waals surface area (Å²) < 4.78 is 6.62. The highest BCUT2D eigenvalue weighted by molar-refractivity contribution is 5.92. The van der Waals surface area contributed by atoms with Gasteiger partial charge in [0, 0.05) is 49.0 Å². The number of methoxy groups -OCH3 is 1. The van der Waals surface area contributed by atoms with Crippen molar-refractivity contribution < 1.29 is 9.53 Å². The van der Waals surface area contributed by atoms with E-state index in [4.69, 9.17) is 4.74 Å². The molecule has 0 amide bonds. The summed E-state index contributed by atoms with van der Waals surface area (Å²) in [4.78, 5) is 15.9. The molecule has 0 atom stereocenters. The van der Waals surface area contributed by atoms with Gasteiger partial charge >= 0.3 is 5.97 Å². The SMILES string of the molecule is COC(=O)c1cc(NCc2cn(C)nc2-c2ccncc2)ccc1C. The van der Waals surface area contributed by atoms with Gasteiger partial charge < -0.3 is 10.1 Å². The van der Waals surface area contributed by atoms with Crippen LogP contribution in [0.5, 0.6) is 0 Å². The van der Waals surface area contributed by atoms with Crippen LogP contribution in [0.1, 0.15) is 21.5 Å². The molecule has 25 heavy (non-hydrogen) atoms. The zero-order valence-corrected chi connectivity index (χ0v) is 14.5. The van der Waals surface area contributed by atoms with Gasteiger partial charge in [-0.1, -0.05) is 6.07 Å². The molecule has 1 N–H and O–H groups in total. The van der Waals surface area contributed by atoms with Crippen molar-refractivity contribution in [1.29, 1.82) is 0 Å². The van der Waals surface area contributed by atoms with Crippen LogP contribution in [0.25, 0.3) is 11.3 Å². The molecule has 0 saturated carbocycles. The molecule has 1 aromatic carbocycles. The Morgan fingerprint density at radius 2 is 2.00 bits per heavy atom. The molecule has 128 valence electrons. The fourth-order valence-corrected chi connectivity index (χ4v) is 2.68. The summed E-state index contributed by atoms with van der Waals surface area (Å²) in [6, 6.07) is 9.54. The van der Waals surface area contributed by atoms with Crippen LogP contribution in [0.4, 0.5) is 5.69 Å². The largest absolute Gasteiger partial charge is 0.465 e. The number of nitrogens with zero attached hydrogens (tertiary/aromatic N) is 3. The van der Waals surface area contributed by atoms with Crippen LogP contribution < -0.4 is 5.32 Å². The molecule has 2 heterocycles. The van der Waals surface area contributed by atoms with Crippen molar-refractivity contribution in [2.45, 2.75) is 13.5 Å². The third kappa shape index (κ3) is 3.68. The van der Waals surface area contributed by atoms with Crippen LogP contribution in [0.3, 0.4) is 0 Å². The van der Waals surface area contributed by atoms with Gasteiger partial charge in [0.05, 0.1) is 18.4 Å². The van der Waals surface area contributed by atoms with E-state index in [-0.39, 0.29) is 5.97 Å². The monoisotopic (exact) mass is 336 g/mol. The number of esters is 1. The first-order valence-electron chi connectivity index (χ1n) is 7.94. The summed E-state index contributed by atoms with van der Waals surface area (Å²) in [5.74, 6) is -0.333. The molecular formula is C19H20N4O2. The number of hydrogen-bond acceptors (Lipinski definition) is 5. The van der Waals surface area contributed by atoms with Gasteiger partial charge in [0.25, 0.3) is 0 Å². The molecule has 0 fully saturated rings. The Kier molecular flexibility index (Phi) is 4.79. The van der Waals surface area contributed by atoms with Crippen LogP contribution in [0, 0.1) is 6.92 Å². The van der Waals surface area contributed by atoms with Gasteiger partial charge in [-0.3, -0.25) is 9.67 Å². The standard InChI is InChI=1S/C19H20N4O2/c1-13-4-5-16(10-17(13)19(24)25-3)21-11-15-12-23(2)22-18(15)14-6-8-20-9-7-14/h4-10,12,21H,11H2,1-3H3. The van der Waals surface area contributed by atoms with Crippen molar-refractivity contribution >= 4 is 11.7 Å². The summed E-state index contributed by atoms with van der Waals surface area (Å²) in [6.07, 6.45) is 5.49. The second-order valence-corrected chi connectivity index (χ2v) is 5.79. The summed E-state index contributed by atoms with van der Waals surface area (Å²) in [5, 5.41) is 7.90. The van der Waals surface area contributed by atoms with E-state index in [2.05, 4.69) is 15.4 Å². The topological polar surface area (TPSA) is 69.0 Å². The Morgan fingerprint density at radius 3 is 2.72 bits per heavy atom. The normalized spacial score (nSPS) is 10.5. The van der Waals surface area contributed by atoms with E-state index in [0.717, 1.165) is 28.1 Å². The van der Waals surface area contributed by atoms with Gasteiger partial charge in [-0.05, 0) is 36.8 Å². The quantitative estimate of drug-likeness (QED) is 0.725. The Bertz CT molecular complexity index is 888. The summed E-state index contributed by atoms with van der Waals surface area (Å²) >= 11 is 0. The molecule has 0 aliphatic heterocycles. The van der Waals surface area contributed by atoms with E-state index in [1.54, 1.807) is 17.1 Å². The van der Waals surface area contributed by atoms with Crippen molar-refractivity contribution in [3.8, 4) is 11.3 Å². The lowest BCUT2D eigenvalue weighted by molar-refractivity contribution is 0.0600. The number of ether oxygens (including phenoxy) is 1. The predicted octanol–water partition coefficient (Wildman–Crippen LogP) is 3.19. The van der Waals surface area contributed by atoms with Gasteiger partial charge in [0.15, 0.2) is 0 Å². The number of aromatic nitrogens is 3. The third-order valence-corrected chi connectivity index (χ3v) is 3.98. The molecule has 0 spiro atoms. The lowest BCUT2D eigenvalue weighted by Gasteiger charge is -2.10. The summed E-state index contributed by atoms with van der Waals surface area (Å²) in [6.45, 7) is 2.48. The number of hydrogen-bond donors (Lipinski definition) is 1. The van der Waals surface area contributed by atoms with E-state index in [1.807, 2.05) is 50.5 Å². The Labute approximate surface area is 146 Å². The summed E-state index contributed by atoms with van der Waals surface area (Å²) in [7, 11) is 3.29. The maximum absolute atomic E-state index is 11.8. The lowest BCUT2D eigenvalue weighted by atomic mass is 10.1. The third-order valence-electron chi connectivity index (χ3n) is 3.98. The number of carbonyl (C=O) groups is 1. The highest BCUT2D eigenvalue weighted by Gasteiger charge is 2.12. The van der Waals surface area contributed by atoms with E-state index >= 15 is 0 Å². The number of anilines is 1. The van der Waals surface area contributed by atoms with Crippen LogP contribution >= 0.6 is 0 Å². The fourth-order valence-electron chi connectivity index (χ4n) is 2.68. The molecule has 0 radical (unpaired) electrons. The number of rotatable bonds is 5. The molecule has 6 heteroatoms. The minimum Gasteiger partial charge on any atom is -0.465 e. The van der Waals surface area contributed by atoms with E-state index in [9.17, 15) is 4.79 Å². The van der Waals surface area contributed by atoms with Crippen LogP contribution in [0.2, 0.25) is 0 Å². The van der Waals surface area contributed by atoms with Gasteiger partial charge in [0.1, 0.15) is 0 Å². The molecule has 3 rings (SSSR count). The molecule has 0 aliphatic rings. The first kappa shape index (κ1) is 16.7. The first-order chi connectivity index (χ1) is 12.1. The number of pyridine rings is 1. The molecule has 0 bridgehead atoms. The van der Waals surface area contributed by atoms with Crippen LogP contribution in [0.15, 0.2) is 48.9 Å². The zero-order chi connectivity index (χ0) is 17.8. The second-order valence-electron chi connectivity index (χ2n) is 5.79. The second kappa shape index (κ2) is 7.17. The van der Waals surface area contributed by atoms with E-state index in [1.165, 1.54) is 7.11 Å². The highest BCUT2D eigenvalue weighted by atomic mass is 16.5. The van der Waals surface area contributed by atoms with E-state index < -0.39 is 0 Å². The molecular weight excluding hydrogens is 316 g/mol. The van der Waals surface area contributed by atoms with Crippen molar-refractivity contribution in [2.24, 2.45) is 7.05 Å². The Hall–Kier alpha value is -3.15. The van der Waals surface area contributed by atoms with Crippen LogP contribution in [-0.4, -0.2) is 27.8 Å². The Balaban J connectivity index is 1.82. The van der Waals surface area contributed by atoms with Crippen molar-refractivity contribution in [1.82, 2.24) is 14.8 Å². The molecule has 6 nitrogen and oxygen atoms in total. The molecule has 3 aromatic rings. The number of aryl methyl sites for hydroxylation is 2. The van der Waals surface area contributed by atoms with Gasteiger partial charge in [-0.25, -0.2) is 4.79 Å². The number of carbonyl (C=O) groups excluding carboxylic acids is 1. The van der Waals surface area contributed by atoms with Crippen molar-refractivity contribution in [3.63, 3.8) is 0 Å². The van der Waals surface area contributed by atoms with Gasteiger partial charge in [-0.15, -0.1) is 0 Å². The minimum absolute atomic E-state index is 0.333. The van der Waals surface area contributed by atoms with Crippen molar-refractivity contribution in [3.05, 3.63) is 65.6 Å². The predicted molar refractivity (Wildman–Crippen MR) is 96.3 cm³/mol. The first-order valence-corrected chi connectivity index (χ1v) is 7.94. The smallest absolute Gasteiger partial charge is 0.338 e. The molecule has 0 saturated heterocycles. The Morgan fingerprint density at radius 1 is 1.24 bits per heavy atom. The van der Waals surface area contributed by atoms with E-state index in [0.29, 0.717) is 12.1 Å². The average Bonchev–Trinajstić information content (AvgIpc) is 3.02. The fraction of sp³-hybridized carbons (Fsp3) is 0.211. The molecule has 0 aliphatic carbocycles. The maximum Gasteiger partial charge on any atom is 0.338 e. The molecule has 2 aromatic heterocycles. The average molecular weight is 336 g/mol.